The maximum absolute atomic E-state index is 12.4. The predicted molar refractivity (Wildman–Crippen MR) is 101 cm³/mol. The molecule has 1 amide bonds. The van der Waals surface area contributed by atoms with Gasteiger partial charge >= 0.3 is 11.9 Å². The molecule has 2 atom stereocenters. The quantitative estimate of drug-likeness (QED) is 0.682. The van der Waals surface area contributed by atoms with Crippen molar-refractivity contribution in [1.29, 1.82) is 0 Å². The molecular weight excluding hydrogens is 372 g/mol. The van der Waals surface area contributed by atoms with Crippen molar-refractivity contribution in [1.82, 2.24) is 0 Å². The smallest absolute Gasteiger partial charge is 0.348 e. The minimum Gasteiger partial charge on any atom is -0.465 e. The summed E-state index contributed by atoms with van der Waals surface area (Å²) in [6, 6.07) is 0. The minimum atomic E-state index is -0.601. The first-order valence-electron chi connectivity index (χ1n) is 8.85. The lowest BCUT2D eigenvalue weighted by molar-refractivity contribution is -0.914. The van der Waals surface area contributed by atoms with Gasteiger partial charge in [-0.15, -0.1) is 11.3 Å². The molecule has 2 heterocycles. The van der Waals surface area contributed by atoms with Crippen molar-refractivity contribution >= 4 is 34.2 Å². The Balaban J connectivity index is 2.08. The van der Waals surface area contributed by atoms with Gasteiger partial charge < -0.3 is 24.4 Å². The van der Waals surface area contributed by atoms with Crippen molar-refractivity contribution in [2.75, 3.05) is 39.2 Å². The van der Waals surface area contributed by atoms with Crippen LogP contribution in [0.5, 0.6) is 0 Å². The molecule has 2 unspecified atom stereocenters. The van der Waals surface area contributed by atoms with Crippen molar-refractivity contribution in [2.45, 2.75) is 39.4 Å². The topological polar surface area (TPSA) is 95.4 Å². The van der Waals surface area contributed by atoms with Gasteiger partial charge in [0.15, 0.2) is 0 Å². The fourth-order valence-corrected chi connectivity index (χ4v) is 4.44. The van der Waals surface area contributed by atoms with Crippen LogP contribution < -0.4 is 10.2 Å². The number of nitrogens with one attached hydrogen (secondary N) is 2. The SMILES string of the molecule is COC(=O)c1sc(NC(=O)CC[NH+]2CC(C)OC(C)C2)c(C(=O)OC)c1C. The lowest BCUT2D eigenvalue weighted by atomic mass is 10.1. The van der Waals surface area contributed by atoms with Gasteiger partial charge in [0.05, 0.1) is 32.7 Å². The molecule has 1 fully saturated rings. The number of hydrogen-bond donors (Lipinski definition) is 2. The number of ether oxygens (including phenoxy) is 3. The van der Waals surface area contributed by atoms with E-state index < -0.39 is 11.9 Å². The van der Waals surface area contributed by atoms with Gasteiger partial charge in [-0.1, -0.05) is 0 Å². The molecule has 1 aromatic rings. The van der Waals surface area contributed by atoms with Crippen LogP contribution in [0.25, 0.3) is 0 Å². The monoisotopic (exact) mass is 399 g/mol. The molecule has 27 heavy (non-hydrogen) atoms. The van der Waals surface area contributed by atoms with Crippen LogP contribution in [0.2, 0.25) is 0 Å². The second-order valence-corrected chi connectivity index (χ2v) is 7.73. The van der Waals surface area contributed by atoms with Crippen molar-refractivity contribution in [3.05, 3.63) is 16.0 Å². The molecule has 0 saturated carbocycles. The zero-order chi connectivity index (χ0) is 20.1. The number of thiophene rings is 1. The highest BCUT2D eigenvalue weighted by Crippen LogP contribution is 2.34. The molecule has 0 aliphatic carbocycles. The molecule has 9 heteroatoms. The number of amides is 1. The number of carbonyl (C=O) groups excluding carboxylic acids is 3. The molecule has 1 aromatic heterocycles. The number of carbonyl (C=O) groups is 3. The third-order valence-corrected chi connectivity index (χ3v) is 5.67. The summed E-state index contributed by atoms with van der Waals surface area (Å²) in [5.41, 5.74) is 0.632. The maximum Gasteiger partial charge on any atom is 0.348 e. The maximum atomic E-state index is 12.4. The first-order chi connectivity index (χ1) is 12.8. The van der Waals surface area contributed by atoms with E-state index >= 15 is 0 Å². The van der Waals surface area contributed by atoms with Crippen LogP contribution in [-0.4, -0.2) is 63.9 Å². The van der Waals surface area contributed by atoms with Gasteiger partial charge in [0, 0.05) is 0 Å². The number of morpholine rings is 1. The van der Waals surface area contributed by atoms with E-state index in [0.717, 1.165) is 24.4 Å². The molecule has 8 nitrogen and oxygen atoms in total. The molecule has 0 aromatic carbocycles. The molecule has 150 valence electrons. The largest absolute Gasteiger partial charge is 0.465 e. The number of rotatable bonds is 6. The molecule has 2 N–H and O–H groups in total. The predicted octanol–water partition coefficient (Wildman–Crippen LogP) is 0.650. The van der Waals surface area contributed by atoms with Crippen molar-refractivity contribution < 1.29 is 33.5 Å². The number of anilines is 1. The van der Waals surface area contributed by atoms with E-state index in [1.54, 1.807) is 6.92 Å². The van der Waals surface area contributed by atoms with E-state index in [1.807, 2.05) is 13.8 Å². The van der Waals surface area contributed by atoms with Gasteiger partial charge in [-0.25, -0.2) is 9.59 Å². The Labute approximate surface area is 162 Å². The fraction of sp³-hybridized carbons (Fsp3) is 0.611. The summed E-state index contributed by atoms with van der Waals surface area (Å²) in [5.74, 6) is -1.36. The zero-order valence-electron chi connectivity index (χ0n) is 16.3. The molecule has 1 saturated heterocycles. The first-order valence-corrected chi connectivity index (χ1v) is 9.67. The summed E-state index contributed by atoms with van der Waals surface area (Å²) in [6.07, 6.45) is 0.639. The molecule has 0 radical (unpaired) electrons. The van der Waals surface area contributed by atoms with Gasteiger partial charge in [0.1, 0.15) is 35.2 Å². The van der Waals surface area contributed by atoms with Crippen LogP contribution in [0.3, 0.4) is 0 Å². The Morgan fingerprint density at radius 2 is 1.74 bits per heavy atom. The summed E-state index contributed by atoms with van der Waals surface area (Å²) in [4.78, 5) is 38.0. The van der Waals surface area contributed by atoms with Gasteiger partial charge in [0.25, 0.3) is 0 Å². The van der Waals surface area contributed by atoms with Gasteiger partial charge in [-0.05, 0) is 26.3 Å². The van der Waals surface area contributed by atoms with Crippen molar-refractivity contribution in [3.8, 4) is 0 Å². The summed E-state index contributed by atoms with van der Waals surface area (Å²) < 4.78 is 15.2. The number of methoxy groups -OCH3 is 2. The van der Waals surface area contributed by atoms with E-state index in [4.69, 9.17) is 14.2 Å². The second kappa shape index (κ2) is 9.29. The third-order valence-electron chi connectivity index (χ3n) is 4.48. The average Bonchev–Trinajstić information content (AvgIpc) is 2.94. The Kier molecular flexibility index (Phi) is 7.34. The second-order valence-electron chi connectivity index (χ2n) is 6.71. The molecular formula is C18H27N2O6S+. The van der Waals surface area contributed by atoms with Crippen LogP contribution in [0.1, 0.15) is 45.9 Å². The number of esters is 2. The molecule has 1 aliphatic rings. The highest BCUT2D eigenvalue weighted by atomic mass is 32.1. The molecule has 0 spiro atoms. The fourth-order valence-electron chi connectivity index (χ4n) is 3.31. The Morgan fingerprint density at radius 3 is 2.30 bits per heavy atom. The standard InChI is InChI=1S/C18H26N2O6S/c1-10-8-20(9-11(2)26-10)7-6-13(21)19-16-14(17(22)24-4)12(3)15(27-16)18(23)25-5/h10-11H,6-9H2,1-5H3,(H,19,21)/p+1. The molecule has 0 bridgehead atoms. The highest BCUT2D eigenvalue weighted by molar-refractivity contribution is 7.18. The first kappa shape index (κ1) is 21.3. The molecule has 1 aliphatic heterocycles. The van der Waals surface area contributed by atoms with E-state index in [2.05, 4.69) is 5.32 Å². The minimum absolute atomic E-state index is 0.167. The lowest BCUT2D eigenvalue weighted by Gasteiger charge is -2.32. The van der Waals surface area contributed by atoms with Crippen LogP contribution in [0, 0.1) is 6.92 Å². The summed E-state index contributed by atoms with van der Waals surface area (Å²) in [7, 11) is 2.53. The molecule has 2 rings (SSSR count). The van der Waals surface area contributed by atoms with Crippen LogP contribution >= 0.6 is 11.3 Å². The summed E-state index contributed by atoms with van der Waals surface area (Å²) >= 11 is 1.02. The van der Waals surface area contributed by atoms with Gasteiger partial charge in [0.2, 0.25) is 5.91 Å². The third kappa shape index (κ3) is 5.27. The van der Waals surface area contributed by atoms with E-state index in [-0.39, 0.29) is 28.6 Å². The number of hydrogen-bond acceptors (Lipinski definition) is 7. The van der Waals surface area contributed by atoms with Gasteiger partial charge in [-0.2, -0.15) is 0 Å². The average molecular weight is 399 g/mol. The number of quaternary nitrogens is 1. The van der Waals surface area contributed by atoms with E-state index in [0.29, 0.717) is 23.5 Å². The normalized spacial score (nSPS) is 22.2. The summed E-state index contributed by atoms with van der Waals surface area (Å²) in [6.45, 7) is 8.07. The lowest BCUT2D eigenvalue weighted by Crippen LogP contribution is -3.15. The zero-order valence-corrected chi connectivity index (χ0v) is 17.2. The Bertz CT molecular complexity index is 707. The van der Waals surface area contributed by atoms with Crippen LogP contribution in [0.4, 0.5) is 5.00 Å². The van der Waals surface area contributed by atoms with Crippen molar-refractivity contribution in [2.24, 2.45) is 0 Å². The Hall–Kier alpha value is -1.97. The summed E-state index contributed by atoms with van der Waals surface area (Å²) in [5, 5.41) is 3.06. The van der Waals surface area contributed by atoms with Crippen molar-refractivity contribution in [3.63, 3.8) is 0 Å². The van der Waals surface area contributed by atoms with Crippen LogP contribution in [-0.2, 0) is 19.0 Å². The highest BCUT2D eigenvalue weighted by Gasteiger charge is 2.28. The van der Waals surface area contributed by atoms with Crippen LogP contribution in [0.15, 0.2) is 0 Å². The van der Waals surface area contributed by atoms with E-state index in [9.17, 15) is 14.4 Å². The van der Waals surface area contributed by atoms with E-state index in [1.165, 1.54) is 19.1 Å². The Morgan fingerprint density at radius 1 is 1.15 bits per heavy atom. The van der Waals surface area contributed by atoms with Gasteiger partial charge in [-0.3, -0.25) is 4.79 Å².